The van der Waals surface area contributed by atoms with Crippen molar-refractivity contribution < 1.29 is 9.21 Å². The molecule has 0 N–H and O–H groups in total. The molecular weight excluding hydrogens is 324 g/mol. The Hall–Kier alpha value is -1.78. The number of hydrogen-bond acceptors (Lipinski definition) is 3. The maximum Gasteiger partial charge on any atom is 0.257 e. The van der Waals surface area contributed by atoms with Crippen LogP contribution in [0.5, 0.6) is 0 Å². The SMILES string of the molecule is C=C(C(=O)N(CC)CC)c1oc2ccc(Cl)c3c2c1CN(C)CC3. The van der Waals surface area contributed by atoms with Crippen LogP contribution in [0.1, 0.15) is 30.7 Å². The van der Waals surface area contributed by atoms with E-state index in [2.05, 4.69) is 18.5 Å². The van der Waals surface area contributed by atoms with Crippen LogP contribution in [0, 0.1) is 0 Å². The van der Waals surface area contributed by atoms with Gasteiger partial charge in [0.2, 0.25) is 0 Å². The van der Waals surface area contributed by atoms with E-state index in [4.69, 9.17) is 16.0 Å². The second kappa shape index (κ2) is 6.61. The van der Waals surface area contributed by atoms with Crippen LogP contribution in [-0.4, -0.2) is 42.4 Å². The van der Waals surface area contributed by atoms with Crippen LogP contribution < -0.4 is 0 Å². The van der Waals surface area contributed by atoms with Gasteiger partial charge in [0.05, 0.1) is 5.57 Å². The molecular formula is C19H23ClN2O2. The summed E-state index contributed by atoms with van der Waals surface area (Å²) < 4.78 is 6.06. The second-order valence-corrected chi connectivity index (χ2v) is 6.66. The van der Waals surface area contributed by atoms with Crippen molar-refractivity contribution in [3.05, 3.63) is 40.6 Å². The third kappa shape index (κ3) is 2.74. The van der Waals surface area contributed by atoms with Gasteiger partial charge in [-0.25, -0.2) is 0 Å². The molecule has 0 saturated heterocycles. The van der Waals surface area contributed by atoms with Crippen LogP contribution in [-0.2, 0) is 17.8 Å². The summed E-state index contributed by atoms with van der Waals surface area (Å²) in [5, 5.41) is 1.81. The molecule has 0 fully saturated rings. The zero-order valence-corrected chi connectivity index (χ0v) is 15.2. The van der Waals surface area contributed by atoms with Crippen molar-refractivity contribution in [2.75, 3.05) is 26.7 Å². The molecule has 1 amide bonds. The van der Waals surface area contributed by atoms with Crippen LogP contribution in [0.3, 0.4) is 0 Å². The number of amides is 1. The first-order valence-electron chi connectivity index (χ1n) is 8.37. The fourth-order valence-electron chi connectivity index (χ4n) is 3.39. The maximum atomic E-state index is 12.7. The van der Waals surface area contributed by atoms with Crippen LogP contribution >= 0.6 is 11.6 Å². The smallest absolute Gasteiger partial charge is 0.257 e. The first-order chi connectivity index (χ1) is 11.5. The summed E-state index contributed by atoms with van der Waals surface area (Å²) in [5.74, 6) is 0.522. The minimum absolute atomic E-state index is 0.0742. The molecule has 0 radical (unpaired) electrons. The summed E-state index contributed by atoms with van der Waals surface area (Å²) in [6.07, 6.45) is 0.870. The number of carbonyl (C=O) groups is 1. The number of furan rings is 1. The lowest BCUT2D eigenvalue weighted by Crippen LogP contribution is -2.31. The number of rotatable bonds is 4. The van der Waals surface area contributed by atoms with Crippen molar-refractivity contribution >= 4 is 34.1 Å². The van der Waals surface area contributed by atoms with Gasteiger partial charge in [0.25, 0.3) is 5.91 Å². The summed E-state index contributed by atoms with van der Waals surface area (Å²) in [6.45, 7) is 10.9. The van der Waals surface area contributed by atoms with E-state index in [1.807, 2.05) is 26.0 Å². The maximum absolute atomic E-state index is 12.7. The molecule has 128 valence electrons. The third-order valence-corrected chi connectivity index (χ3v) is 5.11. The Morgan fingerprint density at radius 2 is 2.04 bits per heavy atom. The minimum Gasteiger partial charge on any atom is -0.456 e. The molecule has 5 heteroatoms. The Morgan fingerprint density at radius 1 is 1.33 bits per heavy atom. The summed E-state index contributed by atoms with van der Waals surface area (Å²) in [6, 6.07) is 3.76. The van der Waals surface area contributed by atoms with Crippen LogP contribution in [0.15, 0.2) is 23.1 Å². The highest BCUT2D eigenvalue weighted by molar-refractivity contribution is 6.32. The first kappa shape index (κ1) is 17.1. The lowest BCUT2D eigenvalue weighted by atomic mass is 10.0. The number of benzene rings is 1. The van der Waals surface area contributed by atoms with Gasteiger partial charge in [0.1, 0.15) is 11.3 Å². The Bertz CT molecular complexity index is 805. The highest BCUT2D eigenvalue weighted by Gasteiger charge is 2.27. The zero-order valence-electron chi connectivity index (χ0n) is 14.5. The lowest BCUT2D eigenvalue weighted by Gasteiger charge is -2.20. The first-order valence-corrected chi connectivity index (χ1v) is 8.75. The molecule has 0 spiro atoms. The second-order valence-electron chi connectivity index (χ2n) is 6.25. The minimum atomic E-state index is -0.0742. The van der Waals surface area contributed by atoms with E-state index in [9.17, 15) is 4.79 Å². The standard InChI is InChI=1S/C19H23ClN2O2/c1-5-22(6-2)19(23)12(3)18-14-11-21(4)10-9-13-15(20)7-8-16(24-18)17(13)14/h7-8H,3,5-6,9-11H2,1-2,4H3. The predicted octanol–water partition coefficient (Wildman–Crippen LogP) is 3.96. The fraction of sp³-hybridized carbons (Fsp3) is 0.421. The molecule has 24 heavy (non-hydrogen) atoms. The van der Waals surface area contributed by atoms with E-state index >= 15 is 0 Å². The summed E-state index contributed by atoms with van der Waals surface area (Å²) >= 11 is 6.42. The van der Waals surface area contributed by atoms with Crippen molar-refractivity contribution in [1.82, 2.24) is 9.80 Å². The zero-order chi connectivity index (χ0) is 17.4. The molecule has 2 heterocycles. The van der Waals surface area contributed by atoms with E-state index in [0.717, 1.165) is 46.6 Å². The number of halogens is 1. The van der Waals surface area contributed by atoms with Crippen molar-refractivity contribution in [2.24, 2.45) is 0 Å². The molecule has 1 aliphatic rings. The highest BCUT2D eigenvalue weighted by Crippen LogP contribution is 2.38. The van der Waals surface area contributed by atoms with Gasteiger partial charge in [-0.3, -0.25) is 4.79 Å². The molecule has 0 atom stereocenters. The van der Waals surface area contributed by atoms with E-state index in [-0.39, 0.29) is 5.91 Å². The molecule has 1 aromatic carbocycles. The van der Waals surface area contributed by atoms with Gasteiger partial charge in [-0.2, -0.15) is 0 Å². The van der Waals surface area contributed by atoms with Gasteiger partial charge >= 0.3 is 0 Å². The molecule has 0 bridgehead atoms. The van der Waals surface area contributed by atoms with Gasteiger partial charge in [-0.1, -0.05) is 18.2 Å². The predicted molar refractivity (Wildman–Crippen MR) is 98.2 cm³/mol. The Labute approximate surface area is 147 Å². The molecule has 1 aliphatic heterocycles. The fourth-order valence-corrected chi connectivity index (χ4v) is 3.64. The Morgan fingerprint density at radius 3 is 2.71 bits per heavy atom. The molecule has 1 aromatic heterocycles. The van der Waals surface area contributed by atoms with Crippen molar-refractivity contribution in [3.63, 3.8) is 0 Å². The molecule has 0 saturated carbocycles. The van der Waals surface area contributed by atoms with Gasteiger partial charge in [0, 0.05) is 42.2 Å². The summed E-state index contributed by atoms with van der Waals surface area (Å²) in [7, 11) is 2.07. The molecule has 0 aliphatic carbocycles. The largest absolute Gasteiger partial charge is 0.456 e. The van der Waals surface area contributed by atoms with Crippen molar-refractivity contribution in [2.45, 2.75) is 26.8 Å². The van der Waals surface area contributed by atoms with Crippen LogP contribution in [0.25, 0.3) is 16.5 Å². The monoisotopic (exact) mass is 346 g/mol. The molecule has 2 aromatic rings. The number of hydrogen-bond donors (Lipinski definition) is 0. The van der Waals surface area contributed by atoms with Crippen LogP contribution in [0.4, 0.5) is 0 Å². The summed E-state index contributed by atoms with van der Waals surface area (Å²) in [4.78, 5) is 16.7. The molecule has 0 unspecified atom stereocenters. The Kier molecular flexibility index (Phi) is 4.70. The Balaban J connectivity index is 2.15. The molecule has 3 rings (SSSR count). The van der Waals surface area contributed by atoms with E-state index in [1.165, 1.54) is 0 Å². The van der Waals surface area contributed by atoms with Gasteiger partial charge in [0.15, 0.2) is 0 Å². The topological polar surface area (TPSA) is 36.7 Å². The van der Waals surface area contributed by atoms with Crippen LogP contribution in [0.2, 0.25) is 5.02 Å². The summed E-state index contributed by atoms with van der Waals surface area (Å²) in [5.41, 5.74) is 3.32. The lowest BCUT2D eigenvalue weighted by molar-refractivity contribution is -0.124. The van der Waals surface area contributed by atoms with E-state index in [0.29, 0.717) is 24.4 Å². The normalized spacial score (nSPS) is 14.7. The van der Waals surface area contributed by atoms with E-state index < -0.39 is 0 Å². The van der Waals surface area contributed by atoms with Gasteiger partial charge in [-0.15, -0.1) is 0 Å². The highest BCUT2D eigenvalue weighted by atomic mass is 35.5. The molecule has 4 nitrogen and oxygen atoms in total. The van der Waals surface area contributed by atoms with Gasteiger partial charge < -0.3 is 14.2 Å². The van der Waals surface area contributed by atoms with Crippen molar-refractivity contribution in [3.8, 4) is 0 Å². The van der Waals surface area contributed by atoms with Crippen molar-refractivity contribution in [1.29, 1.82) is 0 Å². The average molecular weight is 347 g/mol. The number of nitrogens with zero attached hydrogens (tertiary/aromatic N) is 2. The quantitative estimate of drug-likeness (QED) is 0.786. The average Bonchev–Trinajstić information content (AvgIpc) is 2.82. The van der Waals surface area contributed by atoms with E-state index in [1.54, 1.807) is 4.90 Å². The number of likely N-dealkylation sites (N-methyl/N-ethyl adjacent to an activating group) is 2. The third-order valence-electron chi connectivity index (χ3n) is 4.76. The number of carbonyl (C=O) groups excluding carboxylic acids is 1. The van der Waals surface area contributed by atoms with Gasteiger partial charge in [-0.05, 0) is 45.0 Å².